The number of aliphatic hydroxyl groups excluding tert-OH is 3. The van der Waals surface area contributed by atoms with Gasteiger partial charge in [-0.1, -0.05) is 23.0 Å². The lowest BCUT2D eigenvalue weighted by Gasteiger charge is -2.41. The first-order valence-electron chi connectivity index (χ1n) is 9.43. The van der Waals surface area contributed by atoms with Crippen LogP contribution in [0.15, 0.2) is 47.5 Å². The van der Waals surface area contributed by atoms with Gasteiger partial charge in [-0.05, 0) is 30.3 Å². The fourth-order valence-corrected chi connectivity index (χ4v) is 4.54. The molecule has 0 saturated carbocycles. The van der Waals surface area contributed by atoms with Crippen molar-refractivity contribution in [2.24, 2.45) is 0 Å². The van der Waals surface area contributed by atoms with Crippen LogP contribution in [0.5, 0.6) is 5.75 Å². The van der Waals surface area contributed by atoms with Crippen molar-refractivity contribution < 1.29 is 38.3 Å². The van der Waals surface area contributed by atoms with Gasteiger partial charge in [-0.2, -0.15) is 0 Å². The molecule has 32 heavy (non-hydrogen) atoms. The molecule has 2 aromatic carbocycles. The number of hydrogen-bond acceptors (Lipinski definition) is 8. The number of aromatic hydroxyl groups is 1. The molecule has 8 nitrogen and oxygen atoms in total. The Kier molecular flexibility index (Phi) is 6.40. The van der Waals surface area contributed by atoms with Gasteiger partial charge in [0.1, 0.15) is 41.2 Å². The van der Waals surface area contributed by atoms with Crippen molar-refractivity contribution in [2.45, 2.75) is 34.7 Å². The topological polar surface area (TPSA) is 121 Å². The van der Waals surface area contributed by atoms with E-state index in [-0.39, 0.29) is 17.0 Å². The number of aliphatic hydroxyl groups is 3. The van der Waals surface area contributed by atoms with Gasteiger partial charge in [0.2, 0.25) is 0 Å². The normalized spacial score (nSPS) is 25.8. The van der Waals surface area contributed by atoms with Crippen LogP contribution in [0.2, 0.25) is 0 Å². The Balaban J connectivity index is 1.64. The third-order valence-electron chi connectivity index (χ3n) is 5.01. The van der Waals surface area contributed by atoms with E-state index in [4.69, 9.17) is 4.74 Å². The summed E-state index contributed by atoms with van der Waals surface area (Å²) in [6, 6.07) is 6.59. The maximum absolute atomic E-state index is 13.6. The van der Waals surface area contributed by atoms with Crippen molar-refractivity contribution in [2.75, 3.05) is 6.61 Å². The van der Waals surface area contributed by atoms with Gasteiger partial charge in [0.15, 0.2) is 17.5 Å². The number of phenols is 1. The average Bonchev–Trinajstić information content (AvgIpc) is 3.23. The van der Waals surface area contributed by atoms with E-state index in [9.17, 15) is 33.6 Å². The molecule has 170 valence electrons. The number of phenolic OH excluding ortho intramolecular Hbond substituents is 1. The van der Waals surface area contributed by atoms with E-state index in [1.165, 1.54) is 18.3 Å². The van der Waals surface area contributed by atoms with Gasteiger partial charge in [-0.3, -0.25) is 0 Å². The minimum Gasteiger partial charge on any atom is -0.508 e. The molecule has 2 heterocycles. The van der Waals surface area contributed by atoms with Gasteiger partial charge in [-0.15, -0.1) is 5.10 Å². The van der Waals surface area contributed by atoms with Gasteiger partial charge in [0, 0.05) is 10.5 Å². The third-order valence-corrected chi connectivity index (χ3v) is 6.16. The second-order valence-electron chi connectivity index (χ2n) is 7.15. The molecule has 4 N–H and O–H groups in total. The molecule has 12 heteroatoms. The summed E-state index contributed by atoms with van der Waals surface area (Å²) >= 11 is 1.06. The molecular formula is C20H18F3N3O5S. The molecule has 0 radical (unpaired) electrons. The van der Waals surface area contributed by atoms with E-state index >= 15 is 0 Å². The molecule has 5 unspecified atom stereocenters. The Morgan fingerprint density at radius 2 is 1.78 bits per heavy atom. The van der Waals surface area contributed by atoms with Crippen LogP contribution < -0.4 is 0 Å². The summed E-state index contributed by atoms with van der Waals surface area (Å²) in [7, 11) is 0. The molecule has 0 spiro atoms. The third kappa shape index (κ3) is 4.32. The van der Waals surface area contributed by atoms with Gasteiger partial charge in [0.05, 0.1) is 12.8 Å². The molecule has 0 aliphatic carbocycles. The van der Waals surface area contributed by atoms with Gasteiger partial charge < -0.3 is 25.2 Å². The Hall–Kier alpha value is -2.64. The number of benzene rings is 2. The largest absolute Gasteiger partial charge is 0.508 e. The summed E-state index contributed by atoms with van der Waals surface area (Å²) < 4.78 is 47.1. The van der Waals surface area contributed by atoms with E-state index < -0.39 is 53.8 Å². The zero-order chi connectivity index (χ0) is 23.0. The molecule has 1 aliphatic heterocycles. The van der Waals surface area contributed by atoms with E-state index in [0.29, 0.717) is 4.90 Å². The molecule has 1 fully saturated rings. The smallest absolute Gasteiger partial charge is 0.194 e. The molecule has 1 aromatic heterocycles. The molecule has 4 rings (SSSR count). The number of nitrogens with zero attached hydrogens (tertiary/aromatic N) is 3. The maximum Gasteiger partial charge on any atom is 0.194 e. The van der Waals surface area contributed by atoms with Crippen LogP contribution in [0.3, 0.4) is 0 Å². The molecule has 5 atom stereocenters. The summed E-state index contributed by atoms with van der Waals surface area (Å²) in [5.41, 5.74) is -1.07. The number of halogens is 3. The van der Waals surface area contributed by atoms with E-state index in [1.807, 2.05) is 0 Å². The van der Waals surface area contributed by atoms with Crippen LogP contribution in [-0.2, 0) is 4.74 Å². The maximum atomic E-state index is 13.6. The second kappa shape index (κ2) is 9.08. The standard InChI is InChI=1S/C20H18F3N3O5S/c21-12-4-9(5-13(22)16(12)23)14-7-26(25-24-14)17-18(29)15(8-27)31-20(19(17)30)32-11-3-1-2-10(28)6-11/h1-7,15,17-20,27-30H,8H2. The van der Waals surface area contributed by atoms with Crippen LogP contribution in [0.25, 0.3) is 11.3 Å². The minimum absolute atomic E-state index is 0.00951. The lowest BCUT2D eigenvalue weighted by molar-refractivity contribution is -0.178. The van der Waals surface area contributed by atoms with E-state index in [1.54, 1.807) is 12.1 Å². The first-order valence-corrected chi connectivity index (χ1v) is 10.3. The lowest BCUT2D eigenvalue weighted by Crippen LogP contribution is -2.55. The molecule has 0 amide bonds. The van der Waals surface area contributed by atoms with Crippen LogP contribution in [0.4, 0.5) is 13.2 Å². The average molecular weight is 469 g/mol. The number of rotatable bonds is 5. The Morgan fingerprint density at radius 3 is 2.44 bits per heavy atom. The van der Waals surface area contributed by atoms with Gasteiger partial charge in [-0.25, -0.2) is 17.9 Å². The summed E-state index contributed by atoms with van der Waals surface area (Å²) in [6.45, 7) is -0.558. The van der Waals surface area contributed by atoms with Crippen molar-refractivity contribution in [1.82, 2.24) is 15.0 Å². The highest BCUT2D eigenvalue weighted by molar-refractivity contribution is 7.99. The molecule has 1 saturated heterocycles. The van der Waals surface area contributed by atoms with Crippen molar-refractivity contribution >= 4 is 11.8 Å². The molecule has 3 aromatic rings. The van der Waals surface area contributed by atoms with Crippen molar-refractivity contribution in [3.05, 3.63) is 60.0 Å². The lowest BCUT2D eigenvalue weighted by atomic mass is 9.97. The second-order valence-corrected chi connectivity index (χ2v) is 8.32. The summed E-state index contributed by atoms with van der Waals surface area (Å²) in [5.74, 6) is -4.41. The highest BCUT2D eigenvalue weighted by Crippen LogP contribution is 2.38. The van der Waals surface area contributed by atoms with Crippen molar-refractivity contribution in [3.63, 3.8) is 0 Å². The minimum atomic E-state index is -1.62. The molecule has 0 bridgehead atoms. The Morgan fingerprint density at radius 1 is 1.06 bits per heavy atom. The van der Waals surface area contributed by atoms with E-state index in [2.05, 4.69) is 10.3 Å². The summed E-state index contributed by atoms with van der Waals surface area (Å²) in [6.07, 6.45) is -2.59. The van der Waals surface area contributed by atoms with Crippen molar-refractivity contribution in [1.29, 1.82) is 0 Å². The predicted octanol–water partition coefficient (Wildman–Crippen LogP) is 1.84. The highest BCUT2D eigenvalue weighted by Gasteiger charge is 2.46. The predicted molar refractivity (Wildman–Crippen MR) is 106 cm³/mol. The Labute approximate surface area is 183 Å². The SMILES string of the molecule is OCC1OC(Sc2cccc(O)c2)C(O)C(n2cc(-c3cc(F)c(F)c(F)c3)nn2)C1O. The van der Waals surface area contributed by atoms with Crippen molar-refractivity contribution in [3.8, 4) is 17.0 Å². The first-order chi connectivity index (χ1) is 15.3. The van der Waals surface area contributed by atoms with E-state index in [0.717, 1.165) is 28.6 Å². The Bertz CT molecular complexity index is 1090. The number of aromatic nitrogens is 3. The zero-order valence-corrected chi connectivity index (χ0v) is 17.0. The monoisotopic (exact) mass is 469 g/mol. The van der Waals surface area contributed by atoms with Gasteiger partial charge >= 0.3 is 0 Å². The number of hydrogen-bond donors (Lipinski definition) is 4. The fraction of sp³-hybridized carbons (Fsp3) is 0.300. The molecular weight excluding hydrogens is 451 g/mol. The van der Waals surface area contributed by atoms with Crippen LogP contribution in [0.1, 0.15) is 6.04 Å². The summed E-state index contributed by atoms with van der Waals surface area (Å²) in [5, 5.41) is 48.5. The number of thioether (sulfide) groups is 1. The van der Waals surface area contributed by atoms with Gasteiger partial charge in [0.25, 0.3) is 0 Å². The van der Waals surface area contributed by atoms with Crippen LogP contribution in [-0.4, -0.2) is 65.8 Å². The quantitative estimate of drug-likeness (QED) is 0.418. The highest BCUT2D eigenvalue weighted by atomic mass is 32.2. The fourth-order valence-electron chi connectivity index (χ4n) is 3.43. The van der Waals surface area contributed by atoms with Crippen LogP contribution in [0, 0.1) is 17.5 Å². The number of ether oxygens (including phenoxy) is 1. The molecule has 1 aliphatic rings. The summed E-state index contributed by atoms with van der Waals surface area (Å²) in [4.78, 5) is 0.567. The first kappa shape index (κ1) is 22.6. The van der Waals surface area contributed by atoms with Crippen LogP contribution >= 0.6 is 11.8 Å². The zero-order valence-electron chi connectivity index (χ0n) is 16.2.